The van der Waals surface area contributed by atoms with E-state index >= 15 is 0 Å². The molecule has 2 N–H and O–H groups in total. The minimum absolute atomic E-state index is 0.167. The normalized spacial score (nSPS) is 11.6. The first kappa shape index (κ1) is 19.8. The van der Waals surface area contributed by atoms with Crippen LogP contribution in [0, 0.1) is 10.1 Å². The van der Waals surface area contributed by atoms with Gasteiger partial charge in [-0.2, -0.15) is 0 Å². The molecule has 0 aliphatic heterocycles. The number of carboxylic acid groups (broad SMARTS) is 1. The zero-order valence-corrected chi connectivity index (χ0v) is 15.5. The monoisotopic (exact) mass is 394 g/mol. The second-order valence-corrected chi connectivity index (χ2v) is 6.38. The van der Waals surface area contributed by atoms with Crippen molar-refractivity contribution < 1.29 is 24.4 Å². The Morgan fingerprint density at radius 3 is 2.48 bits per heavy atom. The van der Waals surface area contributed by atoms with Crippen LogP contribution in [0.4, 0.5) is 5.69 Å². The zero-order chi connectivity index (χ0) is 21.0. The number of amides is 1. The van der Waals surface area contributed by atoms with Gasteiger partial charge in [0.05, 0.1) is 12.0 Å². The number of non-ortho nitro benzene ring substituents is 1. The molecule has 0 saturated carbocycles. The molecule has 148 valence electrons. The van der Waals surface area contributed by atoms with E-state index < -0.39 is 22.8 Å². The molecule has 8 heteroatoms. The number of benzene rings is 3. The van der Waals surface area contributed by atoms with E-state index in [2.05, 4.69) is 5.32 Å². The van der Waals surface area contributed by atoms with E-state index in [-0.39, 0.29) is 12.1 Å². The largest absolute Gasteiger partial charge is 0.496 e. The first-order valence-electron chi connectivity index (χ1n) is 8.73. The van der Waals surface area contributed by atoms with Crippen LogP contribution in [0.15, 0.2) is 60.7 Å². The number of nitro benzene ring substituents is 1. The fourth-order valence-corrected chi connectivity index (χ4v) is 3.03. The van der Waals surface area contributed by atoms with Gasteiger partial charge in [-0.1, -0.05) is 30.3 Å². The van der Waals surface area contributed by atoms with E-state index in [4.69, 9.17) is 4.74 Å². The van der Waals surface area contributed by atoms with E-state index in [1.165, 1.54) is 25.3 Å². The molecule has 0 fully saturated rings. The van der Waals surface area contributed by atoms with Gasteiger partial charge in [0.15, 0.2) is 0 Å². The summed E-state index contributed by atoms with van der Waals surface area (Å²) in [5.41, 5.74) is 0.444. The molecule has 29 heavy (non-hydrogen) atoms. The van der Waals surface area contributed by atoms with E-state index in [1.54, 1.807) is 18.2 Å². The smallest absolute Gasteiger partial charge is 0.326 e. The van der Waals surface area contributed by atoms with Gasteiger partial charge in [0, 0.05) is 29.7 Å². The third-order valence-electron chi connectivity index (χ3n) is 4.51. The second-order valence-electron chi connectivity index (χ2n) is 6.38. The highest BCUT2D eigenvalue weighted by Crippen LogP contribution is 2.25. The van der Waals surface area contributed by atoms with Gasteiger partial charge < -0.3 is 15.2 Å². The van der Waals surface area contributed by atoms with Crippen molar-refractivity contribution in [3.8, 4) is 5.75 Å². The van der Waals surface area contributed by atoms with Crippen molar-refractivity contribution in [2.75, 3.05) is 7.11 Å². The predicted octanol–water partition coefficient (Wildman–Crippen LogP) is 3.18. The lowest BCUT2D eigenvalue weighted by Crippen LogP contribution is -2.42. The molecule has 0 saturated heterocycles. The Labute approximate surface area is 165 Å². The average Bonchev–Trinajstić information content (AvgIpc) is 2.72. The number of carboxylic acids is 1. The van der Waals surface area contributed by atoms with E-state index in [0.29, 0.717) is 16.9 Å². The van der Waals surface area contributed by atoms with Crippen LogP contribution < -0.4 is 10.1 Å². The molecular weight excluding hydrogens is 376 g/mol. The van der Waals surface area contributed by atoms with Gasteiger partial charge >= 0.3 is 5.97 Å². The van der Waals surface area contributed by atoms with E-state index in [0.717, 1.165) is 10.8 Å². The summed E-state index contributed by atoms with van der Waals surface area (Å²) in [6, 6.07) is 15.2. The Morgan fingerprint density at radius 2 is 1.83 bits per heavy atom. The summed E-state index contributed by atoms with van der Waals surface area (Å²) in [6.07, 6.45) is -0.167. The van der Waals surface area contributed by atoms with Crippen LogP contribution in [0.2, 0.25) is 0 Å². The van der Waals surface area contributed by atoms with Gasteiger partial charge in [0.1, 0.15) is 11.8 Å². The number of nitrogens with zero attached hydrogens (tertiary/aromatic N) is 1. The highest BCUT2D eigenvalue weighted by Gasteiger charge is 2.24. The fraction of sp³-hybridized carbons (Fsp3) is 0.143. The van der Waals surface area contributed by atoms with Crippen LogP contribution in [-0.2, 0) is 11.2 Å². The Bertz CT molecular complexity index is 1100. The molecule has 3 aromatic carbocycles. The molecule has 0 aliphatic rings. The number of carbonyl (C=O) groups is 2. The molecule has 0 heterocycles. The highest BCUT2D eigenvalue weighted by molar-refractivity contribution is 6.00. The second kappa shape index (κ2) is 8.39. The van der Waals surface area contributed by atoms with Gasteiger partial charge in [-0.05, 0) is 29.0 Å². The fourth-order valence-electron chi connectivity index (χ4n) is 3.03. The lowest BCUT2D eigenvalue weighted by Gasteiger charge is -2.16. The average molecular weight is 394 g/mol. The van der Waals surface area contributed by atoms with E-state index in [1.807, 2.05) is 24.3 Å². The van der Waals surface area contributed by atoms with Crippen LogP contribution in [0.1, 0.15) is 15.9 Å². The molecule has 0 bridgehead atoms. The molecule has 0 unspecified atom stereocenters. The molecule has 3 rings (SSSR count). The first-order valence-corrected chi connectivity index (χ1v) is 8.73. The van der Waals surface area contributed by atoms with Crippen molar-refractivity contribution in [2.24, 2.45) is 0 Å². The quantitative estimate of drug-likeness (QED) is 0.469. The van der Waals surface area contributed by atoms with Gasteiger partial charge in [-0.25, -0.2) is 4.79 Å². The summed E-state index contributed by atoms with van der Waals surface area (Å²) in [5, 5.41) is 24.9. The molecular formula is C21H18N2O6. The van der Waals surface area contributed by atoms with Gasteiger partial charge in [0.2, 0.25) is 0 Å². The van der Waals surface area contributed by atoms with Crippen molar-refractivity contribution >= 4 is 28.3 Å². The number of carbonyl (C=O) groups excluding carboxylic acids is 1. The molecule has 0 aliphatic carbocycles. The molecule has 0 spiro atoms. The van der Waals surface area contributed by atoms with Crippen molar-refractivity contribution in [1.29, 1.82) is 0 Å². The Balaban J connectivity index is 1.84. The highest BCUT2D eigenvalue weighted by atomic mass is 16.6. The van der Waals surface area contributed by atoms with Gasteiger partial charge in [-0.3, -0.25) is 14.9 Å². The van der Waals surface area contributed by atoms with Crippen molar-refractivity contribution in [3.63, 3.8) is 0 Å². The number of hydrogen-bond acceptors (Lipinski definition) is 5. The van der Waals surface area contributed by atoms with Crippen LogP contribution in [0.25, 0.3) is 10.8 Å². The molecule has 8 nitrogen and oxygen atoms in total. The number of hydrogen-bond donors (Lipinski definition) is 2. The maximum Gasteiger partial charge on any atom is 0.326 e. The third-order valence-corrected chi connectivity index (χ3v) is 4.51. The Kier molecular flexibility index (Phi) is 5.73. The standard InChI is InChI=1S/C21H18N2O6/c1-29-19-9-8-17(23(27)28)11-16(19)12-18(21(25)26)22-20(24)15-7-6-13-4-2-3-5-14(13)10-15/h2-11,18H,12H2,1H3,(H,22,24)(H,25,26)/t18-/m1/s1. The van der Waals surface area contributed by atoms with Crippen LogP contribution in [0.5, 0.6) is 5.75 Å². The number of methoxy groups -OCH3 is 1. The number of nitrogens with one attached hydrogen (secondary N) is 1. The van der Waals surface area contributed by atoms with Crippen molar-refractivity contribution in [3.05, 3.63) is 81.9 Å². The molecule has 0 radical (unpaired) electrons. The Morgan fingerprint density at radius 1 is 1.10 bits per heavy atom. The van der Waals surface area contributed by atoms with Gasteiger partial charge in [-0.15, -0.1) is 0 Å². The molecule has 0 aromatic heterocycles. The van der Waals surface area contributed by atoms with Crippen LogP contribution >= 0.6 is 0 Å². The maximum absolute atomic E-state index is 12.6. The summed E-state index contributed by atoms with van der Waals surface area (Å²) in [5.74, 6) is -1.50. The minimum atomic E-state index is -1.29. The van der Waals surface area contributed by atoms with Gasteiger partial charge in [0.25, 0.3) is 11.6 Å². The first-order chi connectivity index (χ1) is 13.9. The molecule has 1 atom stereocenters. The molecule has 3 aromatic rings. The number of ether oxygens (including phenoxy) is 1. The van der Waals surface area contributed by atoms with Crippen LogP contribution in [0.3, 0.4) is 0 Å². The maximum atomic E-state index is 12.6. The number of rotatable bonds is 7. The number of fused-ring (bicyclic) bond motifs is 1. The predicted molar refractivity (Wildman–Crippen MR) is 106 cm³/mol. The summed E-state index contributed by atoms with van der Waals surface area (Å²) < 4.78 is 5.17. The third kappa shape index (κ3) is 4.49. The minimum Gasteiger partial charge on any atom is -0.496 e. The Hall–Kier alpha value is -3.94. The van der Waals surface area contributed by atoms with E-state index in [9.17, 15) is 24.8 Å². The zero-order valence-electron chi connectivity index (χ0n) is 15.5. The SMILES string of the molecule is COc1ccc([N+](=O)[O-])cc1C[C@@H](NC(=O)c1ccc2ccccc2c1)C(=O)O. The lowest BCUT2D eigenvalue weighted by molar-refractivity contribution is -0.384. The van der Waals surface area contributed by atoms with Crippen LogP contribution in [-0.4, -0.2) is 35.1 Å². The lowest BCUT2D eigenvalue weighted by atomic mass is 10.0. The summed E-state index contributed by atoms with van der Waals surface area (Å²) in [7, 11) is 1.38. The summed E-state index contributed by atoms with van der Waals surface area (Å²) in [6.45, 7) is 0. The van der Waals surface area contributed by atoms with Crippen molar-refractivity contribution in [2.45, 2.75) is 12.5 Å². The molecule has 1 amide bonds. The number of nitro groups is 1. The summed E-state index contributed by atoms with van der Waals surface area (Å²) >= 11 is 0. The van der Waals surface area contributed by atoms with Crippen molar-refractivity contribution in [1.82, 2.24) is 5.32 Å². The number of aliphatic carboxylic acids is 1. The topological polar surface area (TPSA) is 119 Å². The summed E-state index contributed by atoms with van der Waals surface area (Å²) in [4.78, 5) is 34.8.